The fraction of sp³-hybridized carbons (Fsp3) is 0.290. The van der Waals surface area contributed by atoms with Gasteiger partial charge in [0.2, 0.25) is 0 Å². The number of para-hydroxylation sites is 1. The summed E-state index contributed by atoms with van der Waals surface area (Å²) in [6, 6.07) is 23.2. The SMILES string of the molecule is CC(C)(C)OC(=O)N1CCN(Cc2ccc3cc(-c4ccccc4NC(=O)c4ccc(Br)cc4)oc3c2)CC1. The normalized spacial score (nSPS) is 14.4. The molecule has 1 saturated heterocycles. The third-order valence-electron chi connectivity index (χ3n) is 6.56. The molecule has 0 radical (unpaired) electrons. The van der Waals surface area contributed by atoms with Gasteiger partial charge >= 0.3 is 6.09 Å². The highest BCUT2D eigenvalue weighted by Gasteiger charge is 2.26. The van der Waals surface area contributed by atoms with E-state index < -0.39 is 5.60 Å². The number of amides is 2. The van der Waals surface area contributed by atoms with Crippen molar-refractivity contribution in [1.29, 1.82) is 0 Å². The summed E-state index contributed by atoms with van der Waals surface area (Å²) < 4.78 is 12.7. The summed E-state index contributed by atoms with van der Waals surface area (Å²) in [5.41, 5.74) is 3.53. The number of furan rings is 1. The highest BCUT2D eigenvalue weighted by Crippen LogP contribution is 2.33. The van der Waals surface area contributed by atoms with E-state index >= 15 is 0 Å². The first kappa shape index (κ1) is 27.0. The zero-order valence-electron chi connectivity index (χ0n) is 22.4. The van der Waals surface area contributed by atoms with E-state index in [1.54, 1.807) is 17.0 Å². The standard InChI is InChI=1S/C31H32BrN3O4/c1-31(2,3)39-30(37)35-16-14-34(15-17-35)20-21-8-9-23-19-28(38-27(23)18-21)25-6-4-5-7-26(25)33-29(36)22-10-12-24(32)13-11-22/h4-13,18-19H,14-17,20H2,1-3H3,(H,33,36). The van der Waals surface area contributed by atoms with Gasteiger partial charge in [0.15, 0.2) is 0 Å². The van der Waals surface area contributed by atoms with Crippen LogP contribution < -0.4 is 5.32 Å². The lowest BCUT2D eigenvalue weighted by atomic mass is 10.1. The van der Waals surface area contributed by atoms with Crippen molar-refractivity contribution in [1.82, 2.24) is 9.80 Å². The maximum atomic E-state index is 12.8. The van der Waals surface area contributed by atoms with Gasteiger partial charge in [-0.15, -0.1) is 0 Å². The molecule has 5 rings (SSSR count). The Kier molecular flexibility index (Phi) is 7.77. The van der Waals surface area contributed by atoms with Crippen LogP contribution in [0.1, 0.15) is 36.7 Å². The first-order chi connectivity index (χ1) is 18.6. The molecule has 202 valence electrons. The molecular weight excluding hydrogens is 558 g/mol. The summed E-state index contributed by atoms with van der Waals surface area (Å²) in [5, 5.41) is 4.02. The van der Waals surface area contributed by atoms with E-state index in [4.69, 9.17) is 9.15 Å². The van der Waals surface area contributed by atoms with E-state index in [1.165, 1.54) is 0 Å². The fourth-order valence-corrected chi connectivity index (χ4v) is 4.85. The number of halogens is 1. The molecule has 2 amide bonds. The molecule has 0 unspecified atom stereocenters. The number of rotatable bonds is 5. The number of hydrogen-bond donors (Lipinski definition) is 1. The Morgan fingerprint density at radius 3 is 2.38 bits per heavy atom. The molecule has 4 aromatic rings. The van der Waals surface area contributed by atoms with Crippen LogP contribution in [0.15, 0.2) is 81.7 Å². The summed E-state index contributed by atoms with van der Waals surface area (Å²) in [6.07, 6.45) is -0.250. The average molecular weight is 591 g/mol. The minimum Gasteiger partial charge on any atom is -0.456 e. The monoisotopic (exact) mass is 589 g/mol. The Hall–Kier alpha value is -3.62. The maximum Gasteiger partial charge on any atom is 0.410 e. The molecule has 1 N–H and O–H groups in total. The zero-order chi connectivity index (χ0) is 27.6. The van der Waals surface area contributed by atoms with Gasteiger partial charge in [0, 0.05) is 53.7 Å². The summed E-state index contributed by atoms with van der Waals surface area (Å²) in [4.78, 5) is 29.3. The van der Waals surface area contributed by atoms with Crippen LogP contribution in [0.4, 0.5) is 10.5 Å². The Morgan fingerprint density at radius 1 is 0.949 bits per heavy atom. The van der Waals surface area contributed by atoms with Crippen LogP contribution >= 0.6 is 15.9 Å². The first-order valence-electron chi connectivity index (χ1n) is 13.0. The van der Waals surface area contributed by atoms with Crippen molar-refractivity contribution < 1.29 is 18.7 Å². The van der Waals surface area contributed by atoms with Crippen LogP contribution in [0, 0.1) is 0 Å². The van der Waals surface area contributed by atoms with Gasteiger partial charge in [-0.25, -0.2) is 4.79 Å². The number of benzene rings is 3. The topological polar surface area (TPSA) is 75.0 Å². The van der Waals surface area contributed by atoms with Crippen LogP contribution in [-0.2, 0) is 11.3 Å². The molecule has 1 aliphatic heterocycles. The predicted molar refractivity (Wildman–Crippen MR) is 157 cm³/mol. The lowest BCUT2D eigenvalue weighted by Crippen LogP contribution is -2.49. The Balaban J connectivity index is 1.27. The van der Waals surface area contributed by atoms with E-state index in [2.05, 4.69) is 44.3 Å². The molecule has 1 fully saturated rings. The van der Waals surface area contributed by atoms with Gasteiger partial charge in [-0.2, -0.15) is 0 Å². The number of fused-ring (bicyclic) bond motifs is 1. The van der Waals surface area contributed by atoms with Gasteiger partial charge < -0.3 is 19.4 Å². The Labute approximate surface area is 236 Å². The summed E-state index contributed by atoms with van der Waals surface area (Å²) in [6.45, 7) is 9.28. The van der Waals surface area contributed by atoms with E-state index in [9.17, 15) is 9.59 Å². The molecule has 39 heavy (non-hydrogen) atoms. The first-order valence-corrected chi connectivity index (χ1v) is 13.8. The van der Waals surface area contributed by atoms with Gasteiger partial charge in [0.25, 0.3) is 5.91 Å². The quantitative estimate of drug-likeness (QED) is 0.267. The van der Waals surface area contributed by atoms with E-state index in [0.29, 0.717) is 30.1 Å². The molecule has 2 heterocycles. The van der Waals surface area contributed by atoms with Gasteiger partial charge in [-0.3, -0.25) is 9.69 Å². The molecule has 3 aromatic carbocycles. The van der Waals surface area contributed by atoms with Crippen LogP contribution in [0.2, 0.25) is 0 Å². The van der Waals surface area contributed by atoms with Gasteiger partial charge in [0.05, 0.1) is 5.69 Å². The molecule has 1 aromatic heterocycles. The van der Waals surface area contributed by atoms with E-state index in [1.807, 2.05) is 63.2 Å². The predicted octanol–water partition coefficient (Wildman–Crippen LogP) is 7.17. The van der Waals surface area contributed by atoms with Crippen LogP contribution in [0.3, 0.4) is 0 Å². The number of nitrogens with one attached hydrogen (secondary N) is 1. The van der Waals surface area contributed by atoms with Crippen LogP contribution in [0.5, 0.6) is 0 Å². The molecule has 0 bridgehead atoms. The number of piperazine rings is 1. The van der Waals surface area contributed by atoms with Crippen LogP contribution in [-0.4, -0.2) is 53.6 Å². The minimum atomic E-state index is -0.489. The summed E-state index contributed by atoms with van der Waals surface area (Å²) in [7, 11) is 0. The molecule has 0 atom stereocenters. The van der Waals surface area contributed by atoms with Crippen molar-refractivity contribution >= 4 is 44.6 Å². The van der Waals surface area contributed by atoms with Crippen molar-refractivity contribution in [2.45, 2.75) is 32.9 Å². The van der Waals surface area contributed by atoms with E-state index in [0.717, 1.165) is 46.2 Å². The molecule has 1 aliphatic rings. The maximum absolute atomic E-state index is 12.8. The molecule has 8 heteroatoms. The van der Waals surface area contributed by atoms with Crippen molar-refractivity contribution in [2.24, 2.45) is 0 Å². The van der Waals surface area contributed by atoms with Crippen molar-refractivity contribution in [3.8, 4) is 11.3 Å². The van der Waals surface area contributed by atoms with Gasteiger partial charge in [0.1, 0.15) is 16.9 Å². The van der Waals surface area contributed by atoms with Crippen molar-refractivity contribution in [2.75, 3.05) is 31.5 Å². The minimum absolute atomic E-state index is 0.180. The number of ether oxygens (including phenoxy) is 1. The van der Waals surface area contributed by atoms with Gasteiger partial charge in [-0.1, -0.05) is 40.2 Å². The number of hydrogen-bond acceptors (Lipinski definition) is 5. The second-order valence-corrected chi connectivity index (χ2v) is 11.6. The highest BCUT2D eigenvalue weighted by molar-refractivity contribution is 9.10. The highest BCUT2D eigenvalue weighted by atomic mass is 79.9. The summed E-state index contributed by atoms with van der Waals surface area (Å²) in [5.74, 6) is 0.514. The van der Waals surface area contributed by atoms with E-state index in [-0.39, 0.29) is 12.0 Å². The molecular formula is C31H32BrN3O4. The summed E-state index contributed by atoms with van der Waals surface area (Å²) >= 11 is 3.40. The molecule has 0 aliphatic carbocycles. The van der Waals surface area contributed by atoms with Gasteiger partial charge in [-0.05, 0) is 74.9 Å². The van der Waals surface area contributed by atoms with Crippen molar-refractivity contribution in [3.63, 3.8) is 0 Å². The zero-order valence-corrected chi connectivity index (χ0v) is 24.0. The average Bonchev–Trinajstić information content (AvgIpc) is 3.32. The fourth-order valence-electron chi connectivity index (χ4n) is 4.58. The number of anilines is 1. The third-order valence-corrected chi connectivity index (χ3v) is 7.09. The lowest BCUT2D eigenvalue weighted by molar-refractivity contribution is 0.0139. The Morgan fingerprint density at radius 2 is 1.67 bits per heavy atom. The second kappa shape index (κ2) is 11.2. The Bertz CT molecular complexity index is 1480. The smallest absolute Gasteiger partial charge is 0.410 e. The second-order valence-electron chi connectivity index (χ2n) is 10.7. The molecule has 0 spiro atoms. The molecule has 0 saturated carbocycles. The number of nitrogens with zero attached hydrogens (tertiary/aromatic N) is 2. The largest absolute Gasteiger partial charge is 0.456 e. The number of carbonyl (C=O) groups is 2. The molecule has 7 nitrogen and oxygen atoms in total. The third kappa shape index (κ3) is 6.69. The lowest BCUT2D eigenvalue weighted by Gasteiger charge is -2.35. The number of carbonyl (C=O) groups excluding carboxylic acids is 2. The van der Waals surface area contributed by atoms with Crippen LogP contribution in [0.25, 0.3) is 22.3 Å². The van der Waals surface area contributed by atoms with Crippen molar-refractivity contribution in [3.05, 3.63) is 88.4 Å².